The minimum absolute atomic E-state index is 0.119. The predicted octanol–water partition coefficient (Wildman–Crippen LogP) is 2.64. The van der Waals surface area contributed by atoms with Crippen LogP contribution in [0.15, 0.2) is 30.9 Å². The molecule has 0 fully saturated rings. The van der Waals surface area contributed by atoms with E-state index in [1.165, 1.54) is 30.3 Å². The molecule has 0 aliphatic carbocycles. The number of ketones is 1. The largest absolute Gasteiger partial charge is 0.292 e. The highest BCUT2D eigenvalue weighted by molar-refractivity contribution is 7.95. The molecule has 19 heavy (non-hydrogen) atoms. The molecule has 1 aromatic carbocycles. The van der Waals surface area contributed by atoms with Crippen LogP contribution < -0.4 is 4.31 Å². The van der Waals surface area contributed by atoms with Crippen molar-refractivity contribution in [2.45, 2.75) is 18.6 Å². The van der Waals surface area contributed by atoms with E-state index in [2.05, 4.69) is 6.58 Å². The average Bonchev–Trinajstić information content (AvgIpc) is 2.33. The smallest absolute Gasteiger partial charge is 0.248 e. The van der Waals surface area contributed by atoms with Crippen LogP contribution in [0, 0.1) is 0 Å². The summed E-state index contributed by atoms with van der Waals surface area (Å²) in [6.07, 6.45) is 1.49. The molecule has 0 atom stereocenters. The van der Waals surface area contributed by atoms with Gasteiger partial charge in [0.1, 0.15) is 4.75 Å². The molecule has 0 N–H and O–H groups in total. The third-order valence-electron chi connectivity index (χ3n) is 3.25. The van der Waals surface area contributed by atoms with Crippen molar-refractivity contribution in [1.29, 1.82) is 0 Å². The molecule has 0 saturated heterocycles. The highest BCUT2D eigenvalue weighted by Crippen LogP contribution is 2.39. The topological polar surface area (TPSA) is 54.5 Å². The summed E-state index contributed by atoms with van der Waals surface area (Å²) < 4.78 is 24.7. The first kappa shape index (κ1) is 14.1. The molecule has 1 heterocycles. The molecule has 4 nitrogen and oxygen atoms in total. The Bertz CT molecular complexity index is 664. The molecule has 1 aliphatic rings. The number of sulfonamides is 1. The fraction of sp³-hybridized carbons (Fsp3) is 0.308. The number of Topliss-reactive ketones (excluding diaryl/α,β-unsaturated/α-hetero) is 1. The second-order valence-electron chi connectivity index (χ2n) is 4.83. The summed E-state index contributed by atoms with van der Waals surface area (Å²) in [5, 5.41) is 0.403. The zero-order valence-electron chi connectivity index (χ0n) is 10.7. The van der Waals surface area contributed by atoms with E-state index in [0.29, 0.717) is 16.3 Å². The molecule has 1 aromatic rings. The molecule has 0 unspecified atom stereocenters. The molecular weight excluding hydrogens is 286 g/mol. The summed E-state index contributed by atoms with van der Waals surface area (Å²) in [6, 6.07) is 4.62. The molecular formula is C13H14ClNO3S. The number of hydrogen-bond acceptors (Lipinski definition) is 3. The Labute approximate surface area is 117 Å². The zero-order valence-corrected chi connectivity index (χ0v) is 12.3. The lowest BCUT2D eigenvalue weighted by Crippen LogP contribution is -2.54. The van der Waals surface area contributed by atoms with Gasteiger partial charge in [-0.2, -0.15) is 0 Å². The Balaban J connectivity index is 2.79. The Kier molecular flexibility index (Phi) is 3.23. The fourth-order valence-corrected chi connectivity index (χ4v) is 3.85. The Morgan fingerprint density at radius 3 is 2.63 bits per heavy atom. The van der Waals surface area contributed by atoms with Gasteiger partial charge >= 0.3 is 0 Å². The summed E-state index contributed by atoms with van der Waals surface area (Å²) in [7, 11) is -3.77. The van der Waals surface area contributed by atoms with E-state index in [4.69, 9.17) is 11.6 Å². The minimum Gasteiger partial charge on any atom is -0.292 e. The molecule has 0 saturated carbocycles. The van der Waals surface area contributed by atoms with Gasteiger partial charge in [-0.25, -0.2) is 8.42 Å². The van der Waals surface area contributed by atoms with Crippen LogP contribution in [-0.2, 0) is 10.0 Å². The summed E-state index contributed by atoms with van der Waals surface area (Å²) >= 11 is 5.89. The number of carbonyl (C=O) groups is 1. The minimum atomic E-state index is -3.77. The van der Waals surface area contributed by atoms with Crippen LogP contribution >= 0.6 is 11.6 Å². The van der Waals surface area contributed by atoms with Crippen LogP contribution in [0.3, 0.4) is 0 Å². The number of rotatable bonds is 2. The van der Waals surface area contributed by atoms with Crippen molar-refractivity contribution in [2.24, 2.45) is 0 Å². The highest BCUT2D eigenvalue weighted by Gasteiger charge is 2.50. The van der Waals surface area contributed by atoms with Gasteiger partial charge in [-0.05, 0) is 32.0 Å². The molecule has 2 rings (SSSR count). The third-order valence-corrected chi connectivity index (χ3v) is 5.88. The first-order chi connectivity index (χ1) is 8.73. The number of fused-ring (bicyclic) bond motifs is 1. The van der Waals surface area contributed by atoms with Crippen molar-refractivity contribution in [3.8, 4) is 0 Å². The summed E-state index contributed by atoms with van der Waals surface area (Å²) in [5.74, 6) is -0.440. The van der Waals surface area contributed by atoms with Crippen LogP contribution in [0.4, 0.5) is 5.69 Å². The van der Waals surface area contributed by atoms with E-state index in [-0.39, 0.29) is 6.54 Å². The lowest BCUT2D eigenvalue weighted by atomic mass is 9.98. The third kappa shape index (κ3) is 1.88. The van der Waals surface area contributed by atoms with Gasteiger partial charge in [0, 0.05) is 10.6 Å². The molecule has 0 aromatic heterocycles. The second-order valence-corrected chi connectivity index (χ2v) is 7.67. The molecule has 0 amide bonds. The van der Waals surface area contributed by atoms with Crippen molar-refractivity contribution in [3.63, 3.8) is 0 Å². The van der Waals surface area contributed by atoms with E-state index < -0.39 is 20.6 Å². The van der Waals surface area contributed by atoms with Gasteiger partial charge in [0.25, 0.3) is 0 Å². The molecule has 102 valence electrons. The lowest BCUT2D eigenvalue weighted by Gasteiger charge is -2.38. The zero-order chi connectivity index (χ0) is 14.4. The Morgan fingerprint density at radius 2 is 2.05 bits per heavy atom. The average molecular weight is 300 g/mol. The van der Waals surface area contributed by atoms with Crippen molar-refractivity contribution < 1.29 is 13.2 Å². The first-order valence-corrected chi connectivity index (χ1v) is 7.53. The van der Waals surface area contributed by atoms with E-state index in [9.17, 15) is 13.2 Å². The molecule has 0 bridgehead atoms. The van der Waals surface area contributed by atoms with Gasteiger partial charge in [0.15, 0.2) is 5.78 Å². The lowest BCUT2D eigenvalue weighted by molar-refractivity contribution is 0.0951. The van der Waals surface area contributed by atoms with Crippen molar-refractivity contribution in [2.75, 3.05) is 10.8 Å². The monoisotopic (exact) mass is 299 g/mol. The maximum Gasteiger partial charge on any atom is 0.248 e. The molecule has 0 spiro atoms. The number of nitrogens with zero attached hydrogens (tertiary/aromatic N) is 1. The predicted molar refractivity (Wildman–Crippen MR) is 76.3 cm³/mol. The second kappa shape index (κ2) is 4.35. The van der Waals surface area contributed by atoms with Crippen LogP contribution in [0.25, 0.3) is 0 Å². The summed E-state index contributed by atoms with van der Waals surface area (Å²) in [5.41, 5.74) is 0.683. The van der Waals surface area contributed by atoms with Crippen LogP contribution in [0.1, 0.15) is 24.2 Å². The van der Waals surface area contributed by atoms with Gasteiger partial charge in [0.05, 0.1) is 12.2 Å². The first-order valence-electron chi connectivity index (χ1n) is 5.71. The van der Waals surface area contributed by atoms with Crippen LogP contribution in [0.2, 0.25) is 5.02 Å². The van der Waals surface area contributed by atoms with Crippen molar-refractivity contribution in [1.82, 2.24) is 0 Å². The summed E-state index contributed by atoms with van der Waals surface area (Å²) in [6.45, 7) is 6.49. The maximum absolute atomic E-state index is 12.5. The van der Waals surface area contributed by atoms with Crippen molar-refractivity contribution in [3.05, 3.63) is 41.4 Å². The molecule has 1 aliphatic heterocycles. The number of anilines is 1. The standard InChI is InChI=1S/C13H14ClNO3S/c1-4-7-15-11-6-5-9(14)8-10(11)12(16)13(2,3)19(15,17)18/h4-6,8H,1,7H2,2-3H3. The Hall–Kier alpha value is -1.33. The van der Waals surface area contributed by atoms with E-state index >= 15 is 0 Å². The normalized spacial score (nSPS) is 19.9. The number of hydrogen-bond donors (Lipinski definition) is 0. The van der Waals surface area contributed by atoms with Crippen molar-refractivity contribution >= 4 is 33.1 Å². The quantitative estimate of drug-likeness (QED) is 0.789. The summed E-state index contributed by atoms with van der Waals surface area (Å²) in [4.78, 5) is 12.4. The van der Waals surface area contributed by atoms with Gasteiger partial charge < -0.3 is 0 Å². The number of carbonyl (C=O) groups excluding carboxylic acids is 1. The van der Waals surface area contributed by atoms with E-state index in [0.717, 1.165) is 0 Å². The highest BCUT2D eigenvalue weighted by atomic mass is 35.5. The van der Waals surface area contributed by atoms with Gasteiger partial charge in [-0.3, -0.25) is 9.10 Å². The number of halogens is 1. The van der Waals surface area contributed by atoms with Gasteiger partial charge in [0.2, 0.25) is 10.0 Å². The fourth-order valence-electron chi connectivity index (χ4n) is 2.07. The molecule has 6 heteroatoms. The van der Waals surface area contributed by atoms with E-state index in [1.807, 2.05) is 0 Å². The molecule has 0 radical (unpaired) electrons. The Morgan fingerprint density at radius 1 is 1.42 bits per heavy atom. The van der Waals surface area contributed by atoms with Crippen LogP contribution in [-0.4, -0.2) is 25.5 Å². The van der Waals surface area contributed by atoms with E-state index in [1.54, 1.807) is 12.1 Å². The van der Waals surface area contributed by atoms with Gasteiger partial charge in [-0.1, -0.05) is 17.7 Å². The van der Waals surface area contributed by atoms with Gasteiger partial charge in [-0.15, -0.1) is 6.58 Å². The number of benzene rings is 1. The van der Waals surface area contributed by atoms with Crippen LogP contribution in [0.5, 0.6) is 0 Å². The SMILES string of the molecule is C=CCN1c2ccc(Cl)cc2C(=O)C(C)(C)S1(=O)=O. The maximum atomic E-state index is 12.5.